The van der Waals surface area contributed by atoms with Crippen molar-refractivity contribution < 1.29 is 9.59 Å². The molecule has 0 saturated carbocycles. The second-order valence-corrected chi connectivity index (χ2v) is 4.49. The van der Waals surface area contributed by atoms with Crippen molar-refractivity contribution in [1.82, 2.24) is 0 Å². The molecular formula is C16H16N4O2. The summed E-state index contributed by atoms with van der Waals surface area (Å²) in [6.07, 6.45) is 2.84. The summed E-state index contributed by atoms with van der Waals surface area (Å²) in [5.74, 6) is 0. The van der Waals surface area contributed by atoms with E-state index < -0.39 is 0 Å². The van der Waals surface area contributed by atoms with Gasteiger partial charge in [0.1, 0.15) is 0 Å². The highest BCUT2D eigenvalue weighted by atomic mass is 16.1. The Bertz CT molecular complexity index is 759. The molecule has 0 aromatic heterocycles. The molecule has 0 atom stereocenters. The largest absolute Gasteiger partial charge is 0.399 e. The number of hydrogen-bond donors (Lipinski definition) is 2. The molecule has 0 spiro atoms. The van der Waals surface area contributed by atoms with E-state index in [1.807, 2.05) is 19.1 Å². The van der Waals surface area contributed by atoms with Crippen molar-refractivity contribution in [3.05, 3.63) is 47.5 Å². The lowest BCUT2D eigenvalue weighted by Crippen LogP contribution is -1.91. The first-order valence-corrected chi connectivity index (χ1v) is 6.36. The number of nitrogens with two attached hydrogens (primary N) is 2. The van der Waals surface area contributed by atoms with E-state index in [1.165, 1.54) is 18.2 Å². The molecule has 6 nitrogen and oxygen atoms in total. The van der Waals surface area contributed by atoms with Crippen molar-refractivity contribution in [3.8, 4) is 0 Å². The first-order valence-electron chi connectivity index (χ1n) is 6.36. The topological polar surface area (TPSA) is 111 Å². The number of isocyanates is 2. The molecule has 0 bridgehead atoms. The number of nitrogen functional groups attached to an aromatic ring is 2. The van der Waals surface area contributed by atoms with Crippen LogP contribution < -0.4 is 11.5 Å². The molecule has 22 heavy (non-hydrogen) atoms. The van der Waals surface area contributed by atoms with E-state index in [0.717, 1.165) is 22.5 Å². The van der Waals surface area contributed by atoms with Gasteiger partial charge in [-0.25, -0.2) is 9.59 Å². The third-order valence-electron chi connectivity index (χ3n) is 2.84. The zero-order valence-electron chi connectivity index (χ0n) is 12.3. The lowest BCUT2D eigenvalue weighted by atomic mass is 10.2. The van der Waals surface area contributed by atoms with Crippen LogP contribution in [0.25, 0.3) is 0 Å². The van der Waals surface area contributed by atoms with E-state index in [2.05, 4.69) is 9.98 Å². The molecule has 0 aliphatic heterocycles. The van der Waals surface area contributed by atoms with Gasteiger partial charge >= 0.3 is 0 Å². The summed E-state index contributed by atoms with van der Waals surface area (Å²) in [5.41, 5.74) is 15.3. The van der Waals surface area contributed by atoms with E-state index in [4.69, 9.17) is 11.5 Å². The molecule has 0 radical (unpaired) electrons. The summed E-state index contributed by atoms with van der Waals surface area (Å²) in [7, 11) is 0. The monoisotopic (exact) mass is 296 g/mol. The Morgan fingerprint density at radius 2 is 1.50 bits per heavy atom. The van der Waals surface area contributed by atoms with Gasteiger partial charge in [-0.3, -0.25) is 0 Å². The van der Waals surface area contributed by atoms with Crippen LogP contribution in [0.1, 0.15) is 11.1 Å². The fraction of sp³-hybridized carbons (Fsp3) is 0.125. The molecule has 0 amide bonds. The number of benzene rings is 2. The fourth-order valence-electron chi connectivity index (χ4n) is 1.55. The van der Waals surface area contributed by atoms with Crippen molar-refractivity contribution in [2.45, 2.75) is 13.8 Å². The van der Waals surface area contributed by atoms with E-state index >= 15 is 0 Å². The van der Waals surface area contributed by atoms with Gasteiger partial charge in [-0.1, -0.05) is 12.1 Å². The molecular weight excluding hydrogens is 280 g/mol. The van der Waals surface area contributed by atoms with Gasteiger partial charge in [0.2, 0.25) is 12.2 Å². The molecule has 6 heteroatoms. The second-order valence-electron chi connectivity index (χ2n) is 4.49. The number of carbonyl (C=O) groups excluding carboxylic acids is 2. The maximum atomic E-state index is 10.00. The molecule has 0 saturated heterocycles. The van der Waals surface area contributed by atoms with E-state index in [1.54, 1.807) is 25.1 Å². The summed E-state index contributed by atoms with van der Waals surface area (Å²) < 4.78 is 0. The molecule has 0 aliphatic carbocycles. The van der Waals surface area contributed by atoms with Gasteiger partial charge in [0.05, 0.1) is 11.4 Å². The average molecular weight is 296 g/mol. The van der Waals surface area contributed by atoms with Gasteiger partial charge in [-0.05, 0) is 49.2 Å². The minimum Gasteiger partial charge on any atom is -0.399 e. The van der Waals surface area contributed by atoms with Gasteiger partial charge in [-0.2, -0.15) is 9.98 Å². The van der Waals surface area contributed by atoms with Crippen LogP contribution in [0, 0.1) is 13.8 Å². The third-order valence-corrected chi connectivity index (χ3v) is 2.84. The second kappa shape index (κ2) is 8.17. The molecule has 0 heterocycles. The minimum absolute atomic E-state index is 0.426. The summed E-state index contributed by atoms with van der Waals surface area (Å²) >= 11 is 0. The zero-order valence-corrected chi connectivity index (χ0v) is 12.3. The van der Waals surface area contributed by atoms with Crippen molar-refractivity contribution in [1.29, 1.82) is 0 Å². The van der Waals surface area contributed by atoms with Gasteiger partial charge in [-0.15, -0.1) is 0 Å². The molecule has 2 aromatic carbocycles. The highest BCUT2D eigenvalue weighted by Gasteiger charge is 1.97. The number of rotatable bonds is 2. The minimum atomic E-state index is 0.426. The highest BCUT2D eigenvalue weighted by molar-refractivity contribution is 5.61. The quantitative estimate of drug-likeness (QED) is 0.504. The van der Waals surface area contributed by atoms with Crippen LogP contribution in [-0.4, -0.2) is 12.2 Å². The van der Waals surface area contributed by atoms with Crippen molar-refractivity contribution in [3.63, 3.8) is 0 Å². The van der Waals surface area contributed by atoms with Crippen LogP contribution in [0.4, 0.5) is 22.7 Å². The predicted molar refractivity (Wildman–Crippen MR) is 86.7 cm³/mol. The smallest absolute Gasteiger partial charge is 0.240 e. The predicted octanol–water partition coefficient (Wildman–Crippen LogP) is 3.09. The third kappa shape index (κ3) is 5.06. The van der Waals surface area contributed by atoms with Gasteiger partial charge < -0.3 is 11.5 Å². The Hall–Kier alpha value is -3.20. The first kappa shape index (κ1) is 16.9. The Balaban J connectivity index is 0.000000235. The van der Waals surface area contributed by atoms with Crippen LogP contribution in [0.15, 0.2) is 46.4 Å². The standard InChI is InChI=1S/C9H6N2O2.C7H10N2/c1-7-2-3-8(10-5-12)4-9(7)11-6-13;1-5-2-3-6(8)4-7(5)9/h2-4H,1H3;2-4H,8-9H2,1H3. The Labute approximate surface area is 128 Å². The lowest BCUT2D eigenvalue weighted by molar-refractivity contribution is 0.565. The molecule has 2 aromatic rings. The van der Waals surface area contributed by atoms with E-state index in [9.17, 15) is 9.59 Å². The summed E-state index contributed by atoms with van der Waals surface area (Å²) in [6.45, 7) is 3.75. The number of nitrogens with zero attached hydrogens (tertiary/aromatic N) is 2. The number of aliphatic imine (C=N–C) groups is 2. The molecule has 4 N–H and O–H groups in total. The van der Waals surface area contributed by atoms with Crippen LogP contribution in [0.5, 0.6) is 0 Å². The highest BCUT2D eigenvalue weighted by Crippen LogP contribution is 2.23. The lowest BCUT2D eigenvalue weighted by Gasteiger charge is -1.98. The van der Waals surface area contributed by atoms with Crippen molar-refractivity contribution in [2.24, 2.45) is 9.98 Å². The molecule has 112 valence electrons. The van der Waals surface area contributed by atoms with Gasteiger partial charge in [0.15, 0.2) is 0 Å². The molecule has 0 fully saturated rings. The summed E-state index contributed by atoms with van der Waals surface area (Å²) in [6, 6.07) is 10.4. The number of aryl methyl sites for hydroxylation is 2. The fourth-order valence-corrected chi connectivity index (χ4v) is 1.55. The van der Waals surface area contributed by atoms with Gasteiger partial charge in [0, 0.05) is 11.4 Å². The Morgan fingerprint density at radius 3 is 2.05 bits per heavy atom. The average Bonchev–Trinajstić information content (AvgIpc) is 2.48. The van der Waals surface area contributed by atoms with Crippen molar-refractivity contribution >= 4 is 34.9 Å². The number of hydrogen-bond acceptors (Lipinski definition) is 6. The Kier molecular flexibility index (Phi) is 6.26. The maximum Gasteiger partial charge on any atom is 0.240 e. The summed E-state index contributed by atoms with van der Waals surface area (Å²) in [4.78, 5) is 26.8. The SMILES string of the molecule is Cc1ccc(N)cc1N.Cc1ccc(N=C=O)cc1N=C=O. The normalized spacial score (nSPS) is 8.82. The van der Waals surface area contributed by atoms with Crippen LogP contribution in [0.3, 0.4) is 0 Å². The van der Waals surface area contributed by atoms with Crippen LogP contribution >= 0.6 is 0 Å². The van der Waals surface area contributed by atoms with Crippen LogP contribution in [-0.2, 0) is 9.59 Å². The number of anilines is 2. The summed E-state index contributed by atoms with van der Waals surface area (Å²) in [5, 5.41) is 0. The van der Waals surface area contributed by atoms with Gasteiger partial charge in [0.25, 0.3) is 0 Å². The molecule has 0 aliphatic rings. The van der Waals surface area contributed by atoms with E-state index in [-0.39, 0.29) is 0 Å². The Morgan fingerprint density at radius 1 is 0.864 bits per heavy atom. The van der Waals surface area contributed by atoms with E-state index in [0.29, 0.717) is 11.4 Å². The first-order chi connectivity index (χ1) is 10.5. The van der Waals surface area contributed by atoms with Crippen LogP contribution in [0.2, 0.25) is 0 Å². The molecule has 0 unspecified atom stereocenters. The molecule has 2 rings (SSSR count). The van der Waals surface area contributed by atoms with Crippen molar-refractivity contribution in [2.75, 3.05) is 11.5 Å². The maximum absolute atomic E-state index is 10.00. The zero-order chi connectivity index (χ0) is 16.5.